The highest BCUT2D eigenvalue weighted by Gasteiger charge is 2.26. The average molecular weight is 473 g/mol. The molecule has 4 heterocycles. The lowest BCUT2D eigenvalue weighted by Crippen LogP contribution is -2.24. The van der Waals surface area contributed by atoms with Crippen LogP contribution in [0.3, 0.4) is 0 Å². The fourth-order valence-corrected chi connectivity index (χ4v) is 4.26. The van der Waals surface area contributed by atoms with Crippen molar-refractivity contribution in [2.24, 2.45) is 0 Å². The van der Waals surface area contributed by atoms with Crippen molar-refractivity contribution in [3.05, 3.63) is 69.5 Å². The molecule has 0 unspecified atom stereocenters. The van der Waals surface area contributed by atoms with Crippen molar-refractivity contribution in [3.8, 4) is 11.9 Å². The molecule has 0 bridgehead atoms. The molecule has 0 aliphatic carbocycles. The van der Waals surface area contributed by atoms with E-state index >= 15 is 4.39 Å². The first-order valence-corrected chi connectivity index (χ1v) is 11.5. The number of benzene rings is 1. The lowest BCUT2D eigenvalue weighted by atomic mass is 9.91. The van der Waals surface area contributed by atoms with Crippen LogP contribution >= 0.6 is 0 Å². The molecule has 178 valence electrons. The summed E-state index contributed by atoms with van der Waals surface area (Å²) >= 11 is 0. The maximum atomic E-state index is 15.1. The van der Waals surface area contributed by atoms with Crippen molar-refractivity contribution < 1.29 is 4.39 Å². The van der Waals surface area contributed by atoms with E-state index in [1.54, 1.807) is 20.8 Å². The Kier molecular flexibility index (Phi) is 5.57. The molecule has 3 aromatic heterocycles. The molecule has 1 aliphatic rings. The highest BCUT2D eigenvalue weighted by molar-refractivity contribution is 5.77. The number of fused-ring (bicyclic) bond motifs is 2. The molecule has 5 rings (SSSR count). The Morgan fingerprint density at radius 1 is 1.23 bits per heavy atom. The number of nitrogens with zero attached hydrogens (tertiary/aromatic N) is 6. The maximum absolute atomic E-state index is 15.1. The molecule has 0 atom stereocenters. The Balaban J connectivity index is 1.64. The molecule has 9 nitrogen and oxygen atoms in total. The van der Waals surface area contributed by atoms with Crippen molar-refractivity contribution in [2.75, 3.05) is 11.9 Å². The van der Waals surface area contributed by atoms with Gasteiger partial charge in [-0.15, -0.1) is 0 Å². The predicted octanol–water partition coefficient (Wildman–Crippen LogP) is 3.33. The van der Waals surface area contributed by atoms with E-state index in [1.165, 1.54) is 38.8 Å². The van der Waals surface area contributed by atoms with Gasteiger partial charge in [-0.1, -0.05) is 6.07 Å². The highest BCUT2D eigenvalue weighted by Crippen LogP contribution is 2.25. The molecule has 0 spiro atoms. The van der Waals surface area contributed by atoms with Crippen LogP contribution in [0.2, 0.25) is 0 Å². The van der Waals surface area contributed by atoms with Crippen molar-refractivity contribution in [2.45, 2.75) is 45.7 Å². The molecule has 0 amide bonds. The van der Waals surface area contributed by atoms with Gasteiger partial charge in [0.25, 0.3) is 5.56 Å². The lowest BCUT2D eigenvalue weighted by Gasteiger charge is -2.18. The van der Waals surface area contributed by atoms with Gasteiger partial charge >= 0.3 is 0 Å². The zero-order chi connectivity index (χ0) is 24.7. The van der Waals surface area contributed by atoms with Gasteiger partial charge < -0.3 is 10.6 Å². The van der Waals surface area contributed by atoms with E-state index in [2.05, 4.69) is 43.8 Å². The van der Waals surface area contributed by atoms with E-state index in [0.717, 1.165) is 25.2 Å². The average Bonchev–Trinajstić information content (AvgIpc) is 3.14. The second kappa shape index (κ2) is 8.60. The molecular formula is C25H25FN8O. The summed E-state index contributed by atoms with van der Waals surface area (Å²) in [5.74, 6) is -0.439. The third kappa shape index (κ3) is 3.94. The smallest absolute Gasteiger partial charge is 0.278 e. The molecule has 35 heavy (non-hydrogen) atoms. The van der Waals surface area contributed by atoms with Crippen LogP contribution in [0.5, 0.6) is 0 Å². The number of nitrogens with one attached hydrogen (secondary N) is 2. The third-order valence-electron chi connectivity index (χ3n) is 6.27. The highest BCUT2D eigenvalue weighted by atomic mass is 19.1. The van der Waals surface area contributed by atoms with Crippen molar-refractivity contribution >= 4 is 22.7 Å². The molecule has 10 heteroatoms. The SMILES string of the molecule is CCn1c(=O)c2cnc(Nc3ccc4c(c3)CCNC4)nc2n1-c1nc(C(C)(C)C#N)ccc1F. The minimum Gasteiger partial charge on any atom is -0.324 e. The largest absolute Gasteiger partial charge is 0.324 e. The summed E-state index contributed by atoms with van der Waals surface area (Å²) in [4.78, 5) is 26.4. The Bertz CT molecular complexity index is 1550. The number of nitriles is 1. The second-order valence-electron chi connectivity index (χ2n) is 9.04. The number of pyridine rings is 1. The van der Waals surface area contributed by atoms with Crippen LogP contribution in [0.25, 0.3) is 16.9 Å². The molecule has 1 aromatic carbocycles. The topological polar surface area (TPSA) is 113 Å². The standard InChI is InChI=1S/C25H25FN8O/c1-4-33-23(35)18-13-29-24(30-17-6-5-16-12-28-10-9-15(16)11-17)32-21(18)34(33)22-19(26)7-8-20(31-22)25(2,3)14-27/h5-8,11,13,28H,4,9-10,12H2,1-3H3,(H,29,30,32). The number of rotatable bonds is 5. The van der Waals surface area contributed by atoms with Crippen molar-refractivity contribution in [3.63, 3.8) is 0 Å². The van der Waals surface area contributed by atoms with Gasteiger partial charge in [-0.3, -0.25) is 4.79 Å². The minimum absolute atomic E-state index is 0.0919. The Labute approximate surface area is 201 Å². The summed E-state index contributed by atoms with van der Waals surface area (Å²) in [6.07, 6.45) is 2.38. The minimum atomic E-state index is -0.938. The molecule has 0 saturated carbocycles. The van der Waals surface area contributed by atoms with E-state index in [0.29, 0.717) is 5.69 Å². The van der Waals surface area contributed by atoms with Gasteiger partial charge in [-0.2, -0.15) is 10.2 Å². The third-order valence-corrected chi connectivity index (χ3v) is 6.27. The molecule has 1 aliphatic heterocycles. The number of hydrogen-bond donors (Lipinski definition) is 2. The quantitative estimate of drug-likeness (QED) is 0.458. The fourth-order valence-electron chi connectivity index (χ4n) is 4.26. The summed E-state index contributed by atoms with van der Waals surface area (Å²) in [7, 11) is 0. The van der Waals surface area contributed by atoms with Crippen LogP contribution in [0.15, 0.2) is 41.3 Å². The summed E-state index contributed by atoms with van der Waals surface area (Å²) in [6, 6.07) is 11.0. The van der Waals surface area contributed by atoms with Crippen LogP contribution in [-0.2, 0) is 24.9 Å². The molecule has 0 saturated heterocycles. The normalized spacial score (nSPS) is 13.5. The molecule has 2 N–H and O–H groups in total. The molecular weight excluding hydrogens is 447 g/mol. The van der Waals surface area contributed by atoms with Gasteiger partial charge in [0.15, 0.2) is 17.3 Å². The van der Waals surface area contributed by atoms with Gasteiger partial charge in [0.2, 0.25) is 5.95 Å². The number of aromatic nitrogens is 5. The van der Waals surface area contributed by atoms with Crippen LogP contribution in [-0.4, -0.2) is 30.9 Å². The van der Waals surface area contributed by atoms with E-state index in [4.69, 9.17) is 0 Å². The van der Waals surface area contributed by atoms with Crippen LogP contribution in [0.4, 0.5) is 16.0 Å². The van der Waals surface area contributed by atoms with Crippen molar-refractivity contribution in [1.29, 1.82) is 5.26 Å². The molecule has 0 radical (unpaired) electrons. The summed E-state index contributed by atoms with van der Waals surface area (Å²) in [5.41, 5.74) is 2.68. The van der Waals surface area contributed by atoms with Crippen LogP contribution in [0.1, 0.15) is 37.6 Å². The summed E-state index contributed by atoms with van der Waals surface area (Å²) in [6.45, 7) is 7.23. The maximum Gasteiger partial charge on any atom is 0.278 e. The summed E-state index contributed by atoms with van der Waals surface area (Å²) < 4.78 is 17.8. The van der Waals surface area contributed by atoms with Gasteiger partial charge in [-0.25, -0.2) is 23.7 Å². The number of halogens is 1. The first-order chi connectivity index (χ1) is 16.8. The molecule has 4 aromatic rings. The number of hydrogen-bond acceptors (Lipinski definition) is 7. The van der Waals surface area contributed by atoms with Crippen molar-refractivity contribution in [1.82, 2.24) is 29.6 Å². The molecule has 0 fully saturated rings. The first-order valence-electron chi connectivity index (χ1n) is 11.5. The van der Waals surface area contributed by atoms with E-state index in [9.17, 15) is 10.1 Å². The van der Waals surface area contributed by atoms with E-state index in [1.807, 2.05) is 6.07 Å². The van der Waals surface area contributed by atoms with Gasteiger partial charge in [-0.05, 0) is 69.1 Å². The summed E-state index contributed by atoms with van der Waals surface area (Å²) in [5, 5.41) is 16.3. The lowest BCUT2D eigenvalue weighted by molar-refractivity contribution is 0.527. The van der Waals surface area contributed by atoms with E-state index in [-0.39, 0.29) is 34.9 Å². The zero-order valence-corrected chi connectivity index (χ0v) is 19.8. The van der Waals surface area contributed by atoms with Gasteiger partial charge in [0.1, 0.15) is 5.39 Å². The fraction of sp³-hybridized carbons (Fsp3) is 0.320. The number of anilines is 2. The second-order valence-corrected chi connectivity index (χ2v) is 9.04. The van der Waals surface area contributed by atoms with E-state index < -0.39 is 11.2 Å². The van der Waals surface area contributed by atoms with Crippen LogP contribution < -0.4 is 16.2 Å². The zero-order valence-electron chi connectivity index (χ0n) is 19.8. The van der Waals surface area contributed by atoms with Gasteiger partial charge in [0.05, 0.1) is 17.2 Å². The monoisotopic (exact) mass is 472 g/mol. The first kappa shape index (κ1) is 22.7. The predicted molar refractivity (Wildman–Crippen MR) is 130 cm³/mol. The van der Waals surface area contributed by atoms with Crippen LogP contribution in [0, 0.1) is 17.1 Å². The Hall–Kier alpha value is -4.10. The Morgan fingerprint density at radius 2 is 2.06 bits per heavy atom. The Morgan fingerprint density at radius 3 is 2.83 bits per heavy atom. The van der Waals surface area contributed by atoms with Gasteiger partial charge in [0, 0.05) is 25.0 Å².